The number of carbonyl (C=O) groups is 1. The maximum atomic E-state index is 12.8. The molecule has 0 saturated carbocycles. The van der Waals surface area contributed by atoms with Gasteiger partial charge in [0.25, 0.3) is 5.91 Å². The quantitative estimate of drug-likeness (QED) is 0.866. The molecule has 0 radical (unpaired) electrons. The smallest absolute Gasteiger partial charge is 0.289 e. The molecule has 3 rings (SSSR count). The van der Waals surface area contributed by atoms with E-state index in [0.29, 0.717) is 17.3 Å². The third-order valence-electron chi connectivity index (χ3n) is 3.71. The predicted octanol–water partition coefficient (Wildman–Crippen LogP) is 3.62. The fourth-order valence-corrected chi connectivity index (χ4v) is 2.51. The summed E-state index contributed by atoms with van der Waals surface area (Å²) >= 11 is 0. The van der Waals surface area contributed by atoms with Crippen LogP contribution in [0.1, 0.15) is 35.6 Å². The van der Waals surface area contributed by atoms with E-state index in [1.54, 1.807) is 24.3 Å². The van der Waals surface area contributed by atoms with E-state index in [2.05, 4.69) is 0 Å². The molecule has 1 aromatic heterocycles. The molecule has 22 heavy (non-hydrogen) atoms. The van der Waals surface area contributed by atoms with E-state index in [-0.39, 0.29) is 18.3 Å². The first-order valence-corrected chi connectivity index (χ1v) is 7.49. The lowest BCUT2D eigenvalue weighted by atomic mass is 10.1. The Hall–Kier alpha value is -2.30. The van der Waals surface area contributed by atoms with Crippen LogP contribution in [0.5, 0.6) is 5.75 Å². The highest BCUT2D eigenvalue weighted by atomic mass is 19.1. The molecule has 0 spiro atoms. The number of nitrogens with zero attached hydrogens (tertiary/aromatic N) is 1. The molecule has 0 aliphatic carbocycles. The van der Waals surface area contributed by atoms with Crippen LogP contribution in [0.15, 0.2) is 40.8 Å². The van der Waals surface area contributed by atoms with Crippen LogP contribution < -0.4 is 4.74 Å². The number of likely N-dealkylation sites (tertiary alicyclic amines) is 1. The van der Waals surface area contributed by atoms with Gasteiger partial charge in [-0.15, -0.1) is 0 Å². The molecule has 2 heterocycles. The number of piperidine rings is 1. The minimum absolute atomic E-state index is 0.0623. The summed E-state index contributed by atoms with van der Waals surface area (Å²) in [5, 5.41) is 0. The van der Waals surface area contributed by atoms with Crippen molar-refractivity contribution in [3.05, 3.63) is 53.7 Å². The highest BCUT2D eigenvalue weighted by molar-refractivity contribution is 5.91. The standard InChI is InChI=1S/C17H18FNO3/c18-13-4-6-14(7-5-13)21-12-15-8-9-16(22-15)17(20)19-10-2-1-3-11-19/h4-9H,1-3,10-12H2. The van der Waals surface area contributed by atoms with Crippen molar-refractivity contribution in [2.75, 3.05) is 13.1 Å². The molecule has 1 fully saturated rings. The van der Waals surface area contributed by atoms with Crippen LogP contribution >= 0.6 is 0 Å². The Morgan fingerprint density at radius 3 is 2.55 bits per heavy atom. The van der Waals surface area contributed by atoms with Gasteiger partial charge in [0, 0.05) is 13.1 Å². The normalized spacial score (nSPS) is 14.9. The fraction of sp³-hybridized carbons (Fsp3) is 0.353. The van der Waals surface area contributed by atoms with Crippen molar-refractivity contribution < 1.29 is 18.3 Å². The van der Waals surface area contributed by atoms with Gasteiger partial charge in [-0.05, 0) is 55.7 Å². The number of furan rings is 1. The van der Waals surface area contributed by atoms with Crippen LogP contribution in [0, 0.1) is 5.82 Å². The number of hydrogen-bond acceptors (Lipinski definition) is 3. The molecule has 0 bridgehead atoms. The molecule has 2 aromatic rings. The third kappa shape index (κ3) is 3.47. The summed E-state index contributed by atoms with van der Waals surface area (Å²) in [4.78, 5) is 14.1. The molecule has 0 atom stereocenters. The van der Waals surface area contributed by atoms with Gasteiger partial charge in [0.15, 0.2) is 5.76 Å². The second-order valence-corrected chi connectivity index (χ2v) is 5.36. The van der Waals surface area contributed by atoms with Crippen molar-refractivity contribution in [3.8, 4) is 5.75 Å². The van der Waals surface area contributed by atoms with E-state index in [4.69, 9.17) is 9.15 Å². The van der Waals surface area contributed by atoms with E-state index < -0.39 is 0 Å². The molecule has 1 amide bonds. The molecule has 0 unspecified atom stereocenters. The molecule has 116 valence electrons. The Balaban J connectivity index is 1.58. The van der Waals surface area contributed by atoms with Gasteiger partial charge in [0.2, 0.25) is 0 Å². The summed E-state index contributed by atoms with van der Waals surface area (Å²) in [6.45, 7) is 1.79. The lowest BCUT2D eigenvalue weighted by Gasteiger charge is -2.25. The lowest BCUT2D eigenvalue weighted by molar-refractivity contribution is 0.0688. The summed E-state index contributed by atoms with van der Waals surface area (Å²) in [7, 11) is 0. The average Bonchev–Trinajstić information content (AvgIpc) is 3.03. The van der Waals surface area contributed by atoms with Crippen molar-refractivity contribution >= 4 is 5.91 Å². The van der Waals surface area contributed by atoms with Crippen molar-refractivity contribution in [3.63, 3.8) is 0 Å². The fourth-order valence-electron chi connectivity index (χ4n) is 2.51. The number of benzene rings is 1. The van der Waals surface area contributed by atoms with E-state index >= 15 is 0 Å². The van der Waals surface area contributed by atoms with Gasteiger partial charge in [0.05, 0.1) is 0 Å². The number of carbonyl (C=O) groups excluding carboxylic acids is 1. The maximum absolute atomic E-state index is 12.8. The van der Waals surface area contributed by atoms with Gasteiger partial charge in [-0.2, -0.15) is 0 Å². The zero-order valence-corrected chi connectivity index (χ0v) is 12.3. The SMILES string of the molecule is O=C(c1ccc(COc2ccc(F)cc2)o1)N1CCCCC1. The van der Waals surface area contributed by atoms with Gasteiger partial charge in [0.1, 0.15) is 23.9 Å². The van der Waals surface area contributed by atoms with Gasteiger partial charge >= 0.3 is 0 Å². The maximum Gasteiger partial charge on any atom is 0.289 e. The molecule has 5 heteroatoms. The van der Waals surface area contributed by atoms with Crippen LogP contribution in [0.2, 0.25) is 0 Å². The van der Waals surface area contributed by atoms with Crippen LogP contribution in [-0.4, -0.2) is 23.9 Å². The predicted molar refractivity (Wildman–Crippen MR) is 79.2 cm³/mol. The van der Waals surface area contributed by atoms with Crippen LogP contribution in [0.25, 0.3) is 0 Å². The number of rotatable bonds is 4. The van der Waals surface area contributed by atoms with E-state index in [1.807, 2.05) is 4.90 Å². The van der Waals surface area contributed by atoms with Crippen molar-refractivity contribution in [1.82, 2.24) is 4.90 Å². The zero-order chi connectivity index (χ0) is 15.4. The molecule has 4 nitrogen and oxygen atoms in total. The van der Waals surface area contributed by atoms with E-state index in [9.17, 15) is 9.18 Å². The van der Waals surface area contributed by atoms with Gasteiger partial charge in [-0.3, -0.25) is 4.79 Å². The van der Waals surface area contributed by atoms with E-state index in [0.717, 1.165) is 25.9 Å². The average molecular weight is 303 g/mol. The Morgan fingerprint density at radius 2 is 1.82 bits per heavy atom. The Labute approximate surface area is 128 Å². The number of amides is 1. The Morgan fingerprint density at radius 1 is 1.09 bits per heavy atom. The third-order valence-corrected chi connectivity index (χ3v) is 3.71. The highest BCUT2D eigenvalue weighted by Crippen LogP contribution is 2.17. The van der Waals surface area contributed by atoms with Gasteiger partial charge in [-0.25, -0.2) is 4.39 Å². The first-order valence-electron chi connectivity index (χ1n) is 7.49. The van der Waals surface area contributed by atoms with Crippen molar-refractivity contribution in [2.45, 2.75) is 25.9 Å². The monoisotopic (exact) mass is 303 g/mol. The van der Waals surface area contributed by atoms with Crippen molar-refractivity contribution in [2.24, 2.45) is 0 Å². The molecule has 1 aromatic carbocycles. The molecule has 1 saturated heterocycles. The Kier molecular flexibility index (Phi) is 4.42. The van der Waals surface area contributed by atoms with Crippen LogP contribution in [-0.2, 0) is 6.61 Å². The summed E-state index contributed by atoms with van der Waals surface area (Å²) in [5.74, 6) is 1.11. The van der Waals surface area contributed by atoms with Crippen LogP contribution in [0.3, 0.4) is 0 Å². The number of halogens is 1. The second-order valence-electron chi connectivity index (χ2n) is 5.36. The molecular weight excluding hydrogens is 285 g/mol. The van der Waals surface area contributed by atoms with Gasteiger partial charge in [-0.1, -0.05) is 0 Å². The summed E-state index contributed by atoms with van der Waals surface area (Å²) in [6, 6.07) is 9.20. The molecular formula is C17H18FNO3. The first kappa shape index (κ1) is 14.6. The largest absolute Gasteiger partial charge is 0.486 e. The van der Waals surface area contributed by atoms with Gasteiger partial charge < -0.3 is 14.1 Å². The Bertz CT molecular complexity index is 630. The first-order chi connectivity index (χ1) is 10.7. The van der Waals surface area contributed by atoms with E-state index in [1.165, 1.54) is 18.6 Å². The topological polar surface area (TPSA) is 42.7 Å². The highest BCUT2D eigenvalue weighted by Gasteiger charge is 2.21. The summed E-state index contributed by atoms with van der Waals surface area (Å²) in [5.41, 5.74) is 0. The number of ether oxygens (including phenoxy) is 1. The lowest BCUT2D eigenvalue weighted by Crippen LogP contribution is -2.35. The molecule has 1 aliphatic rings. The number of hydrogen-bond donors (Lipinski definition) is 0. The van der Waals surface area contributed by atoms with Crippen molar-refractivity contribution in [1.29, 1.82) is 0 Å². The molecule has 1 aliphatic heterocycles. The minimum atomic E-state index is -0.306. The molecule has 0 N–H and O–H groups in total. The minimum Gasteiger partial charge on any atom is -0.486 e. The summed E-state index contributed by atoms with van der Waals surface area (Å²) < 4.78 is 23.9. The van der Waals surface area contributed by atoms with Crippen LogP contribution in [0.4, 0.5) is 4.39 Å². The zero-order valence-electron chi connectivity index (χ0n) is 12.3. The summed E-state index contributed by atoms with van der Waals surface area (Å²) in [6.07, 6.45) is 3.28. The second kappa shape index (κ2) is 6.64.